The summed E-state index contributed by atoms with van der Waals surface area (Å²) in [6.07, 6.45) is 0.404. The van der Waals surface area contributed by atoms with Gasteiger partial charge < -0.3 is 0 Å². The molecule has 0 N–H and O–H groups in total. The lowest BCUT2D eigenvalue weighted by atomic mass is 9.95. The molecule has 0 saturated carbocycles. The van der Waals surface area contributed by atoms with E-state index in [0.717, 1.165) is 38.8 Å². The fraction of sp³-hybridized carbons (Fsp3) is 1.00. The van der Waals surface area contributed by atoms with Gasteiger partial charge in [0.1, 0.15) is 0 Å². The van der Waals surface area contributed by atoms with E-state index < -0.39 is 18.9 Å². The third-order valence-electron chi connectivity index (χ3n) is 4.36. The molecule has 2 unspecified atom stereocenters. The molecule has 2 nitrogen and oxygen atoms in total. The van der Waals surface area contributed by atoms with Gasteiger partial charge in [0.2, 0.25) is 0 Å². The normalized spacial score (nSPS) is 30.6. The number of rotatable bonds is 4. The summed E-state index contributed by atoms with van der Waals surface area (Å²) < 4.78 is 51.2. The van der Waals surface area contributed by atoms with E-state index in [-0.39, 0.29) is 12.1 Å². The Morgan fingerprint density at radius 1 is 1.21 bits per heavy atom. The van der Waals surface area contributed by atoms with Crippen molar-refractivity contribution < 1.29 is 17.6 Å². The van der Waals surface area contributed by atoms with E-state index in [1.165, 1.54) is 0 Å². The molecule has 2 aliphatic rings. The number of hydrogen-bond acceptors (Lipinski definition) is 2. The van der Waals surface area contributed by atoms with Crippen LogP contribution in [0.15, 0.2) is 0 Å². The molecule has 2 fully saturated rings. The summed E-state index contributed by atoms with van der Waals surface area (Å²) in [7, 11) is 0. The minimum atomic E-state index is -3.90. The lowest BCUT2D eigenvalue weighted by Crippen LogP contribution is -2.61. The van der Waals surface area contributed by atoms with Crippen LogP contribution in [0.5, 0.6) is 0 Å². The number of fused-ring (bicyclic) bond motifs is 1. The number of alkyl halides is 4. The van der Waals surface area contributed by atoms with E-state index in [9.17, 15) is 17.6 Å². The molecule has 6 heteroatoms. The highest BCUT2D eigenvalue weighted by Gasteiger charge is 2.45. The molecule has 0 aliphatic carbocycles. The van der Waals surface area contributed by atoms with Crippen LogP contribution in [0, 0.1) is 0 Å². The summed E-state index contributed by atoms with van der Waals surface area (Å²) in [4.78, 5) is 3.92. The third kappa shape index (κ3) is 3.40. The molecule has 2 atom stereocenters. The molecule has 0 amide bonds. The maximum atomic E-state index is 13.3. The standard InChI is InChI=1S/C13H22F4N2/c1-2-10-7-18-6-4-3-5-11(18)8-19(10)9-13(16,17)12(14)15/h10-12H,2-9H2,1H3. The van der Waals surface area contributed by atoms with Crippen LogP contribution in [0.2, 0.25) is 0 Å². The molecular formula is C13H22F4N2. The van der Waals surface area contributed by atoms with Crippen molar-refractivity contribution >= 4 is 0 Å². The third-order valence-corrected chi connectivity index (χ3v) is 4.36. The van der Waals surface area contributed by atoms with Gasteiger partial charge in [-0.05, 0) is 25.8 Å². The lowest BCUT2D eigenvalue weighted by molar-refractivity contribution is -0.154. The zero-order chi connectivity index (χ0) is 14.0. The van der Waals surface area contributed by atoms with Gasteiger partial charge in [-0.2, -0.15) is 8.78 Å². The molecule has 2 saturated heterocycles. The summed E-state index contributed by atoms with van der Waals surface area (Å²) in [6, 6.07) is 0.240. The van der Waals surface area contributed by atoms with Crippen LogP contribution < -0.4 is 0 Å². The van der Waals surface area contributed by atoms with Crippen LogP contribution in [0.25, 0.3) is 0 Å². The van der Waals surface area contributed by atoms with E-state index in [1.807, 2.05) is 6.92 Å². The molecule has 0 radical (unpaired) electrons. The smallest absolute Gasteiger partial charge is 0.298 e. The van der Waals surface area contributed by atoms with Gasteiger partial charge in [-0.3, -0.25) is 9.80 Å². The molecule has 0 aromatic rings. The van der Waals surface area contributed by atoms with Crippen LogP contribution in [0.3, 0.4) is 0 Å². The number of piperazine rings is 1. The van der Waals surface area contributed by atoms with Gasteiger partial charge in [0.15, 0.2) is 0 Å². The second kappa shape index (κ2) is 5.95. The minimum Gasteiger partial charge on any atom is -0.298 e. The molecule has 0 aromatic carbocycles. The van der Waals surface area contributed by atoms with E-state index in [0.29, 0.717) is 6.54 Å². The van der Waals surface area contributed by atoms with E-state index in [1.54, 1.807) is 4.90 Å². The highest BCUT2D eigenvalue weighted by Crippen LogP contribution is 2.30. The Morgan fingerprint density at radius 2 is 1.95 bits per heavy atom. The number of nitrogens with zero attached hydrogens (tertiary/aromatic N) is 2. The first-order valence-electron chi connectivity index (χ1n) is 7.08. The molecule has 0 aromatic heterocycles. The highest BCUT2D eigenvalue weighted by molar-refractivity contribution is 4.92. The van der Waals surface area contributed by atoms with Gasteiger partial charge in [-0.25, -0.2) is 8.78 Å². The summed E-state index contributed by atoms with van der Waals surface area (Å²) in [5, 5.41) is 0. The maximum absolute atomic E-state index is 13.3. The van der Waals surface area contributed by atoms with Crippen LogP contribution in [0.4, 0.5) is 17.6 Å². The maximum Gasteiger partial charge on any atom is 0.319 e. The van der Waals surface area contributed by atoms with Crippen molar-refractivity contribution in [1.82, 2.24) is 9.80 Å². The van der Waals surface area contributed by atoms with Crippen molar-refractivity contribution in [1.29, 1.82) is 0 Å². The van der Waals surface area contributed by atoms with Crippen molar-refractivity contribution in [3.8, 4) is 0 Å². The SMILES string of the molecule is CCC1CN2CCCCC2CN1CC(F)(F)C(F)F. The summed E-state index contributed by atoms with van der Waals surface area (Å²) in [6.45, 7) is 3.37. The second-order valence-corrected chi connectivity index (χ2v) is 5.70. The van der Waals surface area contributed by atoms with Crippen molar-refractivity contribution in [2.24, 2.45) is 0 Å². The first kappa shape index (κ1) is 15.0. The van der Waals surface area contributed by atoms with Gasteiger partial charge in [0.25, 0.3) is 0 Å². The molecular weight excluding hydrogens is 260 g/mol. The average molecular weight is 282 g/mol. The zero-order valence-corrected chi connectivity index (χ0v) is 11.3. The fourth-order valence-electron chi connectivity index (χ4n) is 3.23. The Bertz CT molecular complexity index is 298. The Morgan fingerprint density at radius 3 is 2.58 bits per heavy atom. The topological polar surface area (TPSA) is 6.48 Å². The Balaban J connectivity index is 2.02. The van der Waals surface area contributed by atoms with Crippen LogP contribution in [-0.2, 0) is 0 Å². The predicted octanol–water partition coefficient (Wildman–Crippen LogP) is 2.84. The summed E-state index contributed by atoms with van der Waals surface area (Å²) >= 11 is 0. The molecule has 19 heavy (non-hydrogen) atoms. The molecule has 0 spiro atoms. The van der Waals surface area contributed by atoms with Crippen molar-refractivity contribution in [2.75, 3.05) is 26.2 Å². The molecule has 2 rings (SSSR count). The van der Waals surface area contributed by atoms with Gasteiger partial charge in [-0.15, -0.1) is 0 Å². The van der Waals surface area contributed by atoms with E-state index in [2.05, 4.69) is 4.90 Å². The number of hydrogen-bond donors (Lipinski definition) is 0. The summed E-state index contributed by atoms with van der Waals surface area (Å²) in [5.41, 5.74) is 0. The first-order chi connectivity index (χ1) is 8.94. The van der Waals surface area contributed by atoms with Crippen molar-refractivity contribution in [3.05, 3.63) is 0 Å². The largest absolute Gasteiger partial charge is 0.319 e. The quantitative estimate of drug-likeness (QED) is 0.732. The number of piperidine rings is 1. The van der Waals surface area contributed by atoms with Gasteiger partial charge in [-0.1, -0.05) is 13.3 Å². The Kier molecular flexibility index (Phi) is 4.71. The van der Waals surface area contributed by atoms with Crippen LogP contribution in [0.1, 0.15) is 32.6 Å². The monoisotopic (exact) mass is 282 g/mol. The minimum absolute atomic E-state index is 0.0287. The second-order valence-electron chi connectivity index (χ2n) is 5.70. The average Bonchev–Trinajstić information content (AvgIpc) is 2.37. The van der Waals surface area contributed by atoms with Crippen molar-refractivity contribution in [2.45, 2.75) is 57.0 Å². The first-order valence-corrected chi connectivity index (χ1v) is 7.08. The van der Waals surface area contributed by atoms with Crippen LogP contribution >= 0.6 is 0 Å². The number of halogens is 4. The van der Waals surface area contributed by atoms with Crippen molar-refractivity contribution in [3.63, 3.8) is 0 Å². The Hall–Kier alpha value is -0.360. The zero-order valence-electron chi connectivity index (χ0n) is 11.3. The van der Waals surface area contributed by atoms with Gasteiger partial charge >= 0.3 is 12.3 Å². The van der Waals surface area contributed by atoms with Gasteiger partial charge in [0, 0.05) is 25.2 Å². The Labute approximate surface area is 111 Å². The molecule has 112 valence electrons. The highest BCUT2D eigenvalue weighted by atomic mass is 19.3. The molecule has 2 aliphatic heterocycles. The molecule has 2 heterocycles. The summed E-state index contributed by atoms with van der Waals surface area (Å²) in [5.74, 6) is -3.90. The van der Waals surface area contributed by atoms with Gasteiger partial charge in [0.05, 0.1) is 6.54 Å². The van der Waals surface area contributed by atoms with E-state index >= 15 is 0 Å². The predicted molar refractivity (Wildman–Crippen MR) is 65.8 cm³/mol. The lowest BCUT2D eigenvalue weighted by Gasteiger charge is -2.49. The molecule has 0 bridgehead atoms. The fourth-order valence-corrected chi connectivity index (χ4v) is 3.23. The van der Waals surface area contributed by atoms with Crippen LogP contribution in [-0.4, -0.2) is 60.4 Å². The van der Waals surface area contributed by atoms with E-state index in [4.69, 9.17) is 0 Å².